The Morgan fingerprint density at radius 1 is 1.04 bits per heavy atom. The van der Waals surface area contributed by atoms with Crippen LogP contribution in [0.25, 0.3) is 0 Å². The molecule has 4 rings (SSSR count). The monoisotopic (exact) mass is 437 g/mol. The van der Waals surface area contributed by atoms with Crippen molar-refractivity contribution in [2.24, 2.45) is 16.9 Å². The summed E-state index contributed by atoms with van der Waals surface area (Å²) in [6.07, 6.45) is 12.9. The van der Waals surface area contributed by atoms with E-state index in [0.29, 0.717) is 36.0 Å². The first-order valence-corrected chi connectivity index (χ1v) is 11.9. The van der Waals surface area contributed by atoms with Gasteiger partial charge >= 0.3 is 0 Å². The van der Waals surface area contributed by atoms with E-state index in [4.69, 9.17) is 5.10 Å². The lowest BCUT2D eigenvalue weighted by atomic mass is 9.83. The number of hydrogen-bond donors (Lipinski definition) is 0. The minimum absolute atomic E-state index is 0.0205. The zero-order valence-corrected chi connectivity index (χ0v) is 17.8. The zero-order valence-electron chi connectivity index (χ0n) is 16.2. The summed E-state index contributed by atoms with van der Waals surface area (Å²) in [6, 6.07) is 0.0205. The van der Waals surface area contributed by atoms with Crippen LogP contribution in [-0.2, 0) is 9.59 Å². The van der Waals surface area contributed by atoms with Crippen molar-refractivity contribution in [3.8, 4) is 0 Å². The summed E-state index contributed by atoms with van der Waals surface area (Å²) >= 11 is 3.74. The molecule has 0 radical (unpaired) electrons. The van der Waals surface area contributed by atoms with Gasteiger partial charge in [-0.3, -0.25) is 9.59 Å². The van der Waals surface area contributed by atoms with Crippen LogP contribution in [-0.4, -0.2) is 51.4 Å². The molecule has 0 N–H and O–H groups in total. The second-order valence-corrected chi connectivity index (χ2v) is 10.2. The topological polar surface area (TPSA) is 53.0 Å². The number of hydrazone groups is 1. The molecule has 2 saturated carbocycles. The van der Waals surface area contributed by atoms with E-state index in [-0.39, 0.29) is 17.9 Å². The van der Waals surface area contributed by atoms with Gasteiger partial charge in [0.05, 0.1) is 18.3 Å². The van der Waals surface area contributed by atoms with Gasteiger partial charge in [-0.1, -0.05) is 35.2 Å². The van der Waals surface area contributed by atoms with Gasteiger partial charge in [0.25, 0.3) is 0 Å². The quantitative estimate of drug-likeness (QED) is 0.621. The van der Waals surface area contributed by atoms with Crippen molar-refractivity contribution < 1.29 is 9.59 Å². The maximum Gasteiger partial charge on any atom is 0.243 e. The molecule has 0 bridgehead atoms. The molecule has 4 aliphatic rings. The maximum atomic E-state index is 12.9. The highest BCUT2D eigenvalue weighted by molar-refractivity contribution is 9.09. The Morgan fingerprint density at radius 2 is 1.78 bits per heavy atom. The Morgan fingerprint density at radius 3 is 2.44 bits per heavy atom. The predicted octanol–water partition coefficient (Wildman–Crippen LogP) is 4.10. The molecule has 1 saturated heterocycles. The van der Waals surface area contributed by atoms with Crippen LogP contribution in [0.1, 0.15) is 77.0 Å². The first kappa shape index (κ1) is 19.4. The number of rotatable bonds is 4. The fraction of sp³-hybridized carbons (Fsp3) is 0.857. The summed E-state index contributed by atoms with van der Waals surface area (Å²) in [5, 5.41) is 6.58. The van der Waals surface area contributed by atoms with E-state index in [0.717, 1.165) is 44.4 Å². The smallest absolute Gasteiger partial charge is 0.243 e. The summed E-state index contributed by atoms with van der Waals surface area (Å²) in [6.45, 7) is 1.40. The summed E-state index contributed by atoms with van der Waals surface area (Å²) in [5.41, 5.74) is 1.11. The van der Waals surface area contributed by atoms with Gasteiger partial charge in [0.15, 0.2) is 0 Å². The Labute approximate surface area is 171 Å². The third kappa shape index (κ3) is 4.41. The van der Waals surface area contributed by atoms with Crippen molar-refractivity contribution in [3.63, 3.8) is 0 Å². The van der Waals surface area contributed by atoms with E-state index < -0.39 is 0 Å². The average Bonchev–Trinajstić information content (AvgIpc) is 3.29. The van der Waals surface area contributed by atoms with Gasteiger partial charge in [-0.15, -0.1) is 0 Å². The number of alkyl halides is 1. The van der Waals surface area contributed by atoms with E-state index in [1.54, 1.807) is 5.01 Å². The number of amides is 2. The third-order valence-corrected chi connectivity index (χ3v) is 7.88. The van der Waals surface area contributed by atoms with E-state index >= 15 is 0 Å². The highest BCUT2D eigenvalue weighted by Gasteiger charge is 2.42. The highest BCUT2D eigenvalue weighted by atomic mass is 79.9. The van der Waals surface area contributed by atoms with Crippen molar-refractivity contribution in [2.75, 3.05) is 13.1 Å². The number of halogens is 1. The summed E-state index contributed by atoms with van der Waals surface area (Å²) in [4.78, 5) is 27.9. The Kier molecular flexibility index (Phi) is 6.20. The minimum atomic E-state index is 0.0205. The van der Waals surface area contributed by atoms with E-state index in [1.807, 2.05) is 4.90 Å². The molecule has 0 aromatic rings. The van der Waals surface area contributed by atoms with Crippen molar-refractivity contribution in [1.29, 1.82) is 0 Å². The van der Waals surface area contributed by atoms with Crippen LogP contribution in [0, 0.1) is 11.8 Å². The number of nitrogens with zero attached hydrogens (tertiary/aromatic N) is 3. The van der Waals surface area contributed by atoms with Gasteiger partial charge in [0.1, 0.15) is 0 Å². The number of likely N-dealkylation sites (tertiary alicyclic amines) is 1. The number of carbonyl (C=O) groups is 2. The second kappa shape index (κ2) is 8.62. The Balaban J connectivity index is 1.47. The molecule has 1 atom stereocenters. The average molecular weight is 438 g/mol. The van der Waals surface area contributed by atoms with Crippen molar-refractivity contribution >= 4 is 33.5 Å². The van der Waals surface area contributed by atoms with Gasteiger partial charge in [0, 0.05) is 30.1 Å². The molecule has 5 nitrogen and oxygen atoms in total. The molecule has 2 amide bonds. The first-order valence-electron chi connectivity index (χ1n) is 10.9. The van der Waals surface area contributed by atoms with Crippen LogP contribution < -0.4 is 0 Å². The van der Waals surface area contributed by atoms with Crippen LogP contribution >= 0.6 is 15.9 Å². The molecule has 2 aliphatic heterocycles. The molecule has 0 spiro atoms. The van der Waals surface area contributed by atoms with Crippen molar-refractivity contribution in [2.45, 2.75) is 87.9 Å². The van der Waals surface area contributed by atoms with E-state index in [1.165, 1.54) is 32.1 Å². The molecule has 0 aromatic heterocycles. The largest absolute Gasteiger partial charge is 0.332 e. The molecule has 6 heteroatoms. The van der Waals surface area contributed by atoms with Crippen LogP contribution in [0.4, 0.5) is 0 Å². The highest BCUT2D eigenvalue weighted by Crippen LogP contribution is 2.35. The number of carbonyl (C=O) groups excluding carboxylic acids is 2. The molecule has 27 heavy (non-hydrogen) atoms. The SMILES string of the molecule is O=C(CC1CCCCC1)N1CC(N2CCCC2=O)C(C2CCC(Br)CC2)=N1. The molecule has 1 unspecified atom stereocenters. The van der Waals surface area contributed by atoms with E-state index in [2.05, 4.69) is 15.9 Å². The number of hydrogen-bond acceptors (Lipinski definition) is 3. The first-order chi connectivity index (χ1) is 13.1. The zero-order chi connectivity index (χ0) is 18.8. The van der Waals surface area contributed by atoms with Crippen molar-refractivity contribution in [3.05, 3.63) is 0 Å². The van der Waals surface area contributed by atoms with Crippen LogP contribution in [0.2, 0.25) is 0 Å². The molecular weight excluding hydrogens is 406 g/mol. The van der Waals surface area contributed by atoms with Gasteiger partial charge < -0.3 is 4.90 Å². The Bertz CT molecular complexity index is 594. The minimum Gasteiger partial charge on any atom is -0.332 e. The lowest BCUT2D eigenvalue weighted by Gasteiger charge is -2.31. The molecule has 0 aromatic carbocycles. The molecule has 2 aliphatic carbocycles. The fourth-order valence-electron chi connectivity index (χ4n) is 5.36. The molecule has 3 fully saturated rings. The van der Waals surface area contributed by atoms with E-state index in [9.17, 15) is 9.59 Å². The standard InChI is InChI=1S/C21H32BrN3O2/c22-17-10-8-16(9-11-17)21-18(24-12-4-7-19(24)26)14-25(23-21)20(27)13-15-5-2-1-3-6-15/h15-18H,1-14H2. The molecular formula is C21H32BrN3O2. The van der Waals surface area contributed by atoms with Crippen LogP contribution in [0.15, 0.2) is 5.10 Å². The van der Waals surface area contributed by atoms with Gasteiger partial charge in [0.2, 0.25) is 11.8 Å². The van der Waals surface area contributed by atoms with Crippen LogP contribution in [0.3, 0.4) is 0 Å². The van der Waals surface area contributed by atoms with Gasteiger partial charge in [-0.05, 0) is 50.9 Å². The normalized spacial score (nSPS) is 32.9. The van der Waals surface area contributed by atoms with Gasteiger partial charge in [-0.2, -0.15) is 5.10 Å². The Hall–Kier alpha value is -0.910. The third-order valence-electron chi connectivity index (χ3n) is 6.96. The lowest BCUT2D eigenvalue weighted by Crippen LogP contribution is -2.46. The molecule has 2 heterocycles. The van der Waals surface area contributed by atoms with Crippen molar-refractivity contribution in [1.82, 2.24) is 9.91 Å². The second-order valence-electron chi connectivity index (χ2n) is 8.86. The maximum absolute atomic E-state index is 12.9. The predicted molar refractivity (Wildman–Crippen MR) is 110 cm³/mol. The summed E-state index contributed by atoms with van der Waals surface area (Å²) in [5.74, 6) is 1.36. The van der Waals surface area contributed by atoms with Gasteiger partial charge in [-0.25, -0.2) is 5.01 Å². The lowest BCUT2D eigenvalue weighted by molar-refractivity contribution is -0.134. The fourth-order valence-corrected chi connectivity index (χ4v) is 5.89. The summed E-state index contributed by atoms with van der Waals surface area (Å²) < 4.78 is 0. The summed E-state index contributed by atoms with van der Waals surface area (Å²) in [7, 11) is 0. The van der Waals surface area contributed by atoms with Crippen LogP contribution in [0.5, 0.6) is 0 Å². The molecule has 150 valence electrons.